The molecule has 0 fully saturated rings. The molecule has 0 saturated heterocycles. The van der Waals surface area contributed by atoms with Crippen LogP contribution in [-0.4, -0.2) is 18.6 Å². The van der Waals surface area contributed by atoms with Gasteiger partial charge in [-0.1, -0.05) is 30.3 Å². The molecular formula is C21H22FN3O3. The van der Waals surface area contributed by atoms with Gasteiger partial charge in [-0.25, -0.2) is 14.0 Å². The molecule has 1 aliphatic rings. The zero-order chi connectivity index (χ0) is 19.9. The first kappa shape index (κ1) is 19.4. The fourth-order valence-corrected chi connectivity index (χ4v) is 3.02. The molecule has 2 amide bonds. The predicted octanol–water partition coefficient (Wildman–Crippen LogP) is 3.85. The maximum Gasteiger partial charge on any atom is 0.337 e. The lowest BCUT2D eigenvalue weighted by Gasteiger charge is -2.29. The molecule has 6 nitrogen and oxygen atoms in total. The molecule has 0 saturated carbocycles. The molecule has 2 aromatic carbocycles. The number of urea groups is 1. The second-order valence-electron chi connectivity index (χ2n) is 6.31. The van der Waals surface area contributed by atoms with E-state index in [2.05, 4.69) is 16.0 Å². The molecule has 0 spiro atoms. The monoisotopic (exact) mass is 383 g/mol. The summed E-state index contributed by atoms with van der Waals surface area (Å²) in [6, 6.07) is 14.5. The Labute approximate surface area is 162 Å². The van der Waals surface area contributed by atoms with Crippen molar-refractivity contribution < 1.29 is 18.7 Å². The Morgan fingerprint density at radius 2 is 1.82 bits per heavy atom. The molecule has 7 heteroatoms. The van der Waals surface area contributed by atoms with Gasteiger partial charge in [0.25, 0.3) is 0 Å². The van der Waals surface area contributed by atoms with Crippen LogP contribution in [0.2, 0.25) is 0 Å². The van der Waals surface area contributed by atoms with Crippen molar-refractivity contribution >= 4 is 17.7 Å². The molecule has 28 heavy (non-hydrogen) atoms. The molecule has 0 aromatic heterocycles. The first-order valence-electron chi connectivity index (χ1n) is 9.12. The molecule has 1 atom stereocenters. The lowest BCUT2D eigenvalue weighted by atomic mass is 9.95. The van der Waals surface area contributed by atoms with Gasteiger partial charge >= 0.3 is 12.0 Å². The first-order chi connectivity index (χ1) is 13.6. The van der Waals surface area contributed by atoms with Gasteiger partial charge in [0.1, 0.15) is 11.6 Å². The van der Waals surface area contributed by atoms with Crippen LogP contribution in [0.15, 0.2) is 66.0 Å². The summed E-state index contributed by atoms with van der Waals surface area (Å²) in [6.07, 6.45) is 1.04. The van der Waals surface area contributed by atoms with Crippen molar-refractivity contribution in [2.24, 2.45) is 0 Å². The molecule has 0 radical (unpaired) electrons. The van der Waals surface area contributed by atoms with Crippen LogP contribution in [0.1, 0.15) is 31.4 Å². The van der Waals surface area contributed by atoms with Crippen LogP contribution >= 0.6 is 0 Å². The topological polar surface area (TPSA) is 79.5 Å². The van der Waals surface area contributed by atoms with E-state index >= 15 is 0 Å². The number of carbonyl (C=O) groups is 2. The second kappa shape index (κ2) is 9.03. The van der Waals surface area contributed by atoms with Crippen LogP contribution in [0.25, 0.3) is 0 Å². The molecular weight excluding hydrogens is 361 g/mol. The third-order valence-electron chi connectivity index (χ3n) is 4.37. The molecule has 1 heterocycles. The summed E-state index contributed by atoms with van der Waals surface area (Å²) >= 11 is 0. The SMILES string of the molecule is CCOC(=O)C1=C(NC(=O)Nc2ccccc2)N[C@@H](c2ccc(F)cc2)CC1. The number of hydrogen-bond donors (Lipinski definition) is 3. The average Bonchev–Trinajstić information content (AvgIpc) is 2.69. The van der Waals surface area contributed by atoms with Crippen LogP contribution in [0.5, 0.6) is 0 Å². The van der Waals surface area contributed by atoms with Gasteiger partial charge in [-0.05, 0) is 49.6 Å². The van der Waals surface area contributed by atoms with E-state index in [0.717, 1.165) is 5.56 Å². The summed E-state index contributed by atoms with van der Waals surface area (Å²) in [6.45, 7) is 1.97. The van der Waals surface area contributed by atoms with Crippen LogP contribution in [0.3, 0.4) is 0 Å². The van der Waals surface area contributed by atoms with Crippen LogP contribution in [0.4, 0.5) is 14.9 Å². The van der Waals surface area contributed by atoms with Crippen LogP contribution < -0.4 is 16.0 Å². The van der Waals surface area contributed by atoms with E-state index in [9.17, 15) is 14.0 Å². The standard InChI is InChI=1S/C21H22FN3O3/c1-2-28-20(26)17-12-13-18(14-8-10-15(22)11-9-14)24-19(17)25-21(27)23-16-6-4-3-5-7-16/h3-11,18,24H,2,12-13H2,1H3,(H2,23,25,27)/t18-/m1/s1. The predicted molar refractivity (Wildman–Crippen MR) is 104 cm³/mol. The fourth-order valence-electron chi connectivity index (χ4n) is 3.02. The van der Waals surface area contributed by atoms with Crippen molar-refractivity contribution in [3.63, 3.8) is 0 Å². The molecule has 3 N–H and O–H groups in total. The largest absolute Gasteiger partial charge is 0.463 e. The van der Waals surface area contributed by atoms with Crippen LogP contribution in [0, 0.1) is 5.82 Å². The Bertz CT molecular complexity index is 866. The molecule has 0 bridgehead atoms. The molecule has 3 rings (SSSR count). The normalized spacial score (nSPS) is 16.1. The van der Waals surface area contributed by atoms with Gasteiger partial charge in [0.05, 0.1) is 18.2 Å². The summed E-state index contributed by atoms with van der Waals surface area (Å²) in [4.78, 5) is 24.7. The Morgan fingerprint density at radius 3 is 2.50 bits per heavy atom. The molecule has 0 unspecified atom stereocenters. The number of para-hydroxylation sites is 1. The van der Waals surface area contributed by atoms with Gasteiger partial charge in [-0.15, -0.1) is 0 Å². The van der Waals surface area contributed by atoms with E-state index in [1.165, 1.54) is 12.1 Å². The minimum Gasteiger partial charge on any atom is -0.463 e. The van der Waals surface area contributed by atoms with E-state index in [4.69, 9.17) is 4.74 Å². The van der Waals surface area contributed by atoms with E-state index < -0.39 is 12.0 Å². The van der Waals surface area contributed by atoms with E-state index in [1.807, 2.05) is 18.2 Å². The third-order valence-corrected chi connectivity index (χ3v) is 4.37. The number of rotatable bonds is 5. The van der Waals surface area contributed by atoms with Crippen molar-refractivity contribution in [1.82, 2.24) is 10.6 Å². The lowest BCUT2D eigenvalue weighted by Crippen LogP contribution is -2.41. The number of nitrogens with one attached hydrogen (secondary N) is 3. The zero-order valence-electron chi connectivity index (χ0n) is 15.5. The number of anilines is 1. The van der Waals surface area contributed by atoms with Gasteiger partial charge in [0, 0.05) is 5.69 Å². The van der Waals surface area contributed by atoms with Gasteiger partial charge in [-0.3, -0.25) is 5.32 Å². The zero-order valence-corrected chi connectivity index (χ0v) is 15.5. The number of halogens is 1. The Morgan fingerprint density at radius 1 is 1.11 bits per heavy atom. The summed E-state index contributed by atoms with van der Waals surface area (Å²) in [5, 5.41) is 8.61. The highest BCUT2D eigenvalue weighted by Crippen LogP contribution is 2.28. The molecule has 146 valence electrons. The van der Waals surface area contributed by atoms with Gasteiger partial charge in [0.2, 0.25) is 0 Å². The average molecular weight is 383 g/mol. The number of esters is 1. The molecule has 0 aliphatic carbocycles. The highest BCUT2D eigenvalue weighted by atomic mass is 19.1. The highest BCUT2D eigenvalue weighted by molar-refractivity contribution is 5.94. The summed E-state index contributed by atoms with van der Waals surface area (Å²) < 4.78 is 18.3. The number of benzene rings is 2. The second-order valence-corrected chi connectivity index (χ2v) is 6.31. The summed E-state index contributed by atoms with van der Waals surface area (Å²) in [5.41, 5.74) is 1.87. The van der Waals surface area contributed by atoms with E-state index in [-0.39, 0.29) is 18.5 Å². The van der Waals surface area contributed by atoms with E-state index in [1.54, 1.807) is 31.2 Å². The smallest absolute Gasteiger partial charge is 0.337 e. The van der Waals surface area contributed by atoms with Crippen molar-refractivity contribution in [3.05, 3.63) is 77.4 Å². The lowest BCUT2D eigenvalue weighted by molar-refractivity contribution is -0.138. The van der Waals surface area contributed by atoms with Crippen LogP contribution in [-0.2, 0) is 9.53 Å². The number of ether oxygens (including phenoxy) is 1. The summed E-state index contributed by atoms with van der Waals surface area (Å²) in [7, 11) is 0. The maximum atomic E-state index is 13.2. The quantitative estimate of drug-likeness (QED) is 0.686. The summed E-state index contributed by atoms with van der Waals surface area (Å²) in [5.74, 6) is -0.488. The van der Waals surface area contributed by atoms with Gasteiger partial charge in [0.15, 0.2) is 0 Å². The first-order valence-corrected chi connectivity index (χ1v) is 9.12. The van der Waals surface area contributed by atoms with Crippen molar-refractivity contribution in [2.45, 2.75) is 25.8 Å². The molecule has 1 aliphatic heterocycles. The maximum absolute atomic E-state index is 13.2. The van der Waals surface area contributed by atoms with Crippen molar-refractivity contribution in [1.29, 1.82) is 0 Å². The number of amides is 2. The number of hydrogen-bond acceptors (Lipinski definition) is 4. The fraction of sp³-hybridized carbons (Fsp3) is 0.238. The highest BCUT2D eigenvalue weighted by Gasteiger charge is 2.27. The third kappa shape index (κ3) is 4.88. The van der Waals surface area contributed by atoms with Gasteiger partial charge < -0.3 is 15.4 Å². The van der Waals surface area contributed by atoms with Crippen molar-refractivity contribution in [3.8, 4) is 0 Å². The van der Waals surface area contributed by atoms with Crippen molar-refractivity contribution in [2.75, 3.05) is 11.9 Å². The number of carbonyl (C=O) groups excluding carboxylic acids is 2. The molecule has 2 aromatic rings. The van der Waals surface area contributed by atoms with Gasteiger partial charge in [-0.2, -0.15) is 0 Å². The Kier molecular flexibility index (Phi) is 6.26. The minimum absolute atomic E-state index is 0.161. The Balaban J connectivity index is 1.78. The Hall–Kier alpha value is -3.35. The minimum atomic E-state index is -0.477. The van der Waals surface area contributed by atoms with E-state index in [0.29, 0.717) is 29.9 Å².